The van der Waals surface area contributed by atoms with Gasteiger partial charge in [0.15, 0.2) is 0 Å². The summed E-state index contributed by atoms with van der Waals surface area (Å²) in [6.45, 7) is 10.8. The van der Waals surface area contributed by atoms with E-state index in [4.69, 9.17) is 9.47 Å². The predicted molar refractivity (Wildman–Crippen MR) is 165 cm³/mol. The smallest absolute Gasteiger partial charge is 0.338 e. The van der Waals surface area contributed by atoms with Gasteiger partial charge in [-0.3, -0.25) is 0 Å². The molecule has 0 aliphatic carbocycles. The number of hydrogen-bond donors (Lipinski definition) is 0. The first-order valence-electron chi connectivity index (χ1n) is 15.6. The molecule has 0 fully saturated rings. The predicted octanol–water partition coefficient (Wildman–Crippen LogP) is 9.84. The molecule has 40 heavy (non-hydrogen) atoms. The molecule has 2 aromatic rings. The average molecular weight is 549 g/mol. The first kappa shape index (κ1) is 33.3. The third-order valence-corrected chi connectivity index (χ3v) is 7.87. The number of hydrogen-bond acceptors (Lipinski definition) is 4. The summed E-state index contributed by atoms with van der Waals surface area (Å²) >= 11 is 0. The number of benzene rings is 2. The SMILES string of the molecule is CCCCCC=CC(C)C(CCCC)C(OC(=O)c1ccccc1)C(CCCC)C(C)OC(=O)c1ccccc1. The minimum Gasteiger partial charge on any atom is -0.459 e. The zero-order valence-corrected chi connectivity index (χ0v) is 25.5. The Balaban J connectivity index is 2.42. The van der Waals surface area contributed by atoms with E-state index in [0.717, 1.165) is 44.9 Å². The molecule has 4 nitrogen and oxygen atoms in total. The number of esters is 2. The van der Waals surface area contributed by atoms with Crippen LogP contribution in [-0.4, -0.2) is 24.1 Å². The van der Waals surface area contributed by atoms with E-state index in [2.05, 4.69) is 39.8 Å². The van der Waals surface area contributed by atoms with Crippen molar-refractivity contribution in [2.24, 2.45) is 17.8 Å². The number of carbonyl (C=O) groups is 2. The molecule has 0 N–H and O–H groups in total. The quantitative estimate of drug-likeness (QED) is 0.0996. The number of carbonyl (C=O) groups excluding carboxylic acids is 2. The third kappa shape index (κ3) is 11.3. The number of ether oxygens (including phenoxy) is 2. The van der Waals surface area contributed by atoms with E-state index in [1.165, 1.54) is 19.3 Å². The van der Waals surface area contributed by atoms with Crippen LogP contribution in [0, 0.1) is 17.8 Å². The highest BCUT2D eigenvalue weighted by molar-refractivity contribution is 5.90. The molecule has 0 bridgehead atoms. The molecule has 0 saturated carbocycles. The first-order valence-corrected chi connectivity index (χ1v) is 15.6. The van der Waals surface area contributed by atoms with Crippen LogP contribution in [0.5, 0.6) is 0 Å². The lowest BCUT2D eigenvalue weighted by Gasteiger charge is -2.38. The molecule has 0 saturated heterocycles. The van der Waals surface area contributed by atoms with Crippen LogP contribution in [0.2, 0.25) is 0 Å². The summed E-state index contributed by atoms with van der Waals surface area (Å²) < 4.78 is 12.5. The van der Waals surface area contributed by atoms with Gasteiger partial charge in [0, 0.05) is 11.8 Å². The minimum atomic E-state index is -0.405. The highest BCUT2D eigenvalue weighted by atomic mass is 16.6. The summed E-state index contributed by atoms with van der Waals surface area (Å²) in [5.41, 5.74) is 1.08. The summed E-state index contributed by atoms with van der Waals surface area (Å²) in [4.78, 5) is 26.5. The Hall–Kier alpha value is -2.88. The molecule has 0 aromatic heterocycles. The van der Waals surface area contributed by atoms with E-state index in [0.29, 0.717) is 11.1 Å². The van der Waals surface area contributed by atoms with Crippen molar-refractivity contribution in [3.8, 4) is 0 Å². The van der Waals surface area contributed by atoms with Crippen molar-refractivity contribution in [2.45, 2.75) is 111 Å². The zero-order valence-electron chi connectivity index (χ0n) is 25.5. The molecule has 2 aromatic carbocycles. The second-order valence-electron chi connectivity index (χ2n) is 11.1. The summed E-state index contributed by atoms with van der Waals surface area (Å²) in [6.07, 6.45) is 14.4. The maximum absolute atomic E-state index is 13.5. The average Bonchev–Trinajstić information content (AvgIpc) is 2.98. The van der Waals surface area contributed by atoms with E-state index in [-0.39, 0.29) is 35.8 Å². The van der Waals surface area contributed by atoms with Crippen molar-refractivity contribution in [3.05, 3.63) is 83.9 Å². The van der Waals surface area contributed by atoms with Gasteiger partial charge in [-0.05, 0) is 62.8 Å². The summed E-state index contributed by atoms with van der Waals surface area (Å²) in [6, 6.07) is 18.4. The minimum absolute atomic E-state index is 0.113. The molecular weight excluding hydrogens is 496 g/mol. The lowest BCUT2D eigenvalue weighted by molar-refractivity contribution is -0.0576. The Morgan fingerprint density at radius 2 is 1.18 bits per heavy atom. The second kappa shape index (κ2) is 19.2. The van der Waals surface area contributed by atoms with Crippen molar-refractivity contribution >= 4 is 11.9 Å². The van der Waals surface area contributed by atoms with Gasteiger partial charge < -0.3 is 9.47 Å². The van der Waals surface area contributed by atoms with Crippen LogP contribution in [0.25, 0.3) is 0 Å². The van der Waals surface area contributed by atoms with Crippen LogP contribution >= 0.6 is 0 Å². The molecule has 2 rings (SSSR count). The fourth-order valence-electron chi connectivity index (χ4n) is 5.39. The molecule has 4 heteroatoms. The summed E-state index contributed by atoms with van der Waals surface area (Å²) in [7, 11) is 0. The normalized spacial score (nSPS) is 15.2. The second-order valence-corrected chi connectivity index (χ2v) is 11.1. The molecule has 5 atom stereocenters. The van der Waals surface area contributed by atoms with Crippen molar-refractivity contribution in [1.82, 2.24) is 0 Å². The van der Waals surface area contributed by atoms with Gasteiger partial charge in [-0.25, -0.2) is 9.59 Å². The number of rotatable bonds is 19. The van der Waals surface area contributed by atoms with Gasteiger partial charge in [-0.2, -0.15) is 0 Å². The molecule has 0 amide bonds. The molecular formula is C36H52O4. The van der Waals surface area contributed by atoms with Crippen LogP contribution in [0.4, 0.5) is 0 Å². The van der Waals surface area contributed by atoms with Crippen LogP contribution in [0.1, 0.15) is 120 Å². The Morgan fingerprint density at radius 3 is 1.70 bits per heavy atom. The maximum Gasteiger partial charge on any atom is 0.338 e. The van der Waals surface area contributed by atoms with Crippen molar-refractivity contribution in [3.63, 3.8) is 0 Å². The van der Waals surface area contributed by atoms with Gasteiger partial charge in [-0.15, -0.1) is 0 Å². The van der Waals surface area contributed by atoms with Gasteiger partial charge >= 0.3 is 11.9 Å². The van der Waals surface area contributed by atoms with Gasteiger partial charge in [0.2, 0.25) is 0 Å². The van der Waals surface area contributed by atoms with E-state index in [9.17, 15) is 9.59 Å². The Bertz CT molecular complexity index is 984. The lowest BCUT2D eigenvalue weighted by atomic mass is 9.76. The van der Waals surface area contributed by atoms with Gasteiger partial charge in [-0.1, -0.05) is 115 Å². The largest absolute Gasteiger partial charge is 0.459 e. The molecule has 0 radical (unpaired) electrons. The van der Waals surface area contributed by atoms with E-state index in [1.807, 2.05) is 43.3 Å². The highest BCUT2D eigenvalue weighted by Crippen LogP contribution is 2.35. The standard InChI is InChI=1S/C36H52O4/c1-6-9-12-13-16-21-28(4)32(26-10-7-2)34(40-36(38)31-24-19-15-20-25-31)33(27-11-8-3)29(5)39-35(37)30-22-17-14-18-23-30/h14-25,28-29,32-34H,6-13,26-27H2,1-5H3. The van der Waals surface area contributed by atoms with Crippen LogP contribution < -0.4 is 0 Å². The molecule has 0 heterocycles. The summed E-state index contributed by atoms with van der Waals surface area (Å²) in [5, 5.41) is 0. The van der Waals surface area contributed by atoms with Crippen molar-refractivity contribution in [2.75, 3.05) is 0 Å². The van der Waals surface area contributed by atoms with E-state index < -0.39 is 6.10 Å². The number of unbranched alkanes of at least 4 members (excludes halogenated alkanes) is 5. The summed E-state index contributed by atoms with van der Waals surface area (Å²) in [5.74, 6) is -0.415. The van der Waals surface area contributed by atoms with Gasteiger partial charge in [0.1, 0.15) is 12.2 Å². The highest BCUT2D eigenvalue weighted by Gasteiger charge is 2.39. The molecule has 0 aliphatic rings. The monoisotopic (exact) mass is 548 g/mol. The Labute approximate surface area is 243 Å². The van der Waals surface area contributed by atoms with E-state index >= 15 is 0 Å². The van der Waals surface area contributed by atoms with Crippen molar-refractivity contribution < 1.29 is 19.1 Å². The Morgan fingerprint density at radius 1 is 0.675 bits per heavy atom. The van der Waals surface area contributed by atoms with Crippen molar-refractivity contribution in [1.29, 1.82) is 0 Å². The molecule has 220 valence electrons. The van der Waals surface area contributed by atoms with Crippen LogP contribution in [0.3, 0.4) is 0 Å². The van der Waals surface area contributed by atoms with Crippen LogP contribution in [-0.2, 0) is 9.47 Å². The fourth-order valence-corrected chi connectivity index (χ4v) is 5.39. The van der Waals surface area contributed by atoms with Crippen LogP contribution in [0.15, 0.2) is 72.8 Å². The third-order valence-electron chi connectivity index (χ3n) is 7.87. The zero-order chi connectivity index (χ0) is 29.2. The maximum atomic E-state index is 13.5. The fraction of sp³-hybridized carbons (Fsp3) is 0.556. The van der Waals surface area contributed by atoms with Gasteiger partial charge in [0.25, 0.3) is 0 Å². The first-order chi connectivity index (χ1) is 19.4. The number of allylic oxidation sites excluding steroid dienone is 2. The topological polar surface area (TPSA) is 52.6 Å². The molecule has 5 unspecified atom stereocenters. The molecule has 0 spiro atoms. The van der Waals surface area contributed by atoms with E-state index in [1.54, 1.807) is 24.3 Å². The van der Waals surface area contributed by atoms with Gasteiger partial charge in [0.05, 0.1) is 11.1 Å². The lowest BCUT2D eigenvalue weighted by Crippen LogP contribution is -2.43. The Kier molecular flexibility index (Phi) is 16.0. The molecule has 0 aliphatic heterocycles.